The van der Waals surface area contributed by atoms with Crippen molar-refractivity contribution < 1.29 is 18.8 Å². The Labute approximate surface area is 147 Å². The van der Waals surface area contributed by atoms with Gasteiger partial charge in [0, 0.05) is 13.1 Å². The number of halogens is 1. The van der Waals surface area contributed by atoms with Gasteiger partial charge in [-0.05, 0) is 31.3 Å². The molecule has 0 aromatic rings. The zero-order valence-corrected chi connectivity index (χ0v) is 15.0. The molecule has 0 aromatic heterocycles. The quantitative estimate of drug-likeness (QED) is 0.693. The maximum absolute atomic E-state index is 13.8. The van der Waals surface area contributed by atoms with Crippen LogP contribution in [0.4, 0.5) is 4.39 Å². The average molecular weight is 348 g/mol. The molecule has 136 valence electrons. The van der Waals surface area contributed by atoms with E-state index >= 15 is 0 Å². The molecule has 2 aliphatic rings. The van der Waals surface area contributed by atoms with Crippen LogP contribution >= 0.6 is 0 Å². The highest BCUT2D eigenvalue weighted by Gasteiger charge is 2.43. The van der Waals surface area contributed by atoms with Crippen molar-refractivity contribution in [3.8, 4) is 0 Å². The van der Waals surface area contributed by atoms with Crippen molar-refractivity contribution >= 4 is 18.1 Å². The number of allylic oxidation sites excluding steroid dienone is 1. The van der Waals surface area contributed by atoms with E-state index in [9.17, 15) is 18.8 Å². The summed E-state index contributed by atoms with van der Waals surface area (Å²) in [4.78, 5) is 40.0. The molecule has 0 spiro atoms. The lowest BCUT2D eigenvalue weighted by Crippen LogP contribution is -2.53. The van der Waals surface area contributed by atoms with Gasteiger partial charge in [0.2, 0.25) is 5.91 Å². The topological polar surface area (TPSA) is 57.7 Å². The maximum atomic E-state index is 13.8. The number of carbonyl (C=O) groups excluding carboxylic acids is 3. The van der Waals surface area contributed by atoms with Crippen molar-refractivity contribution in [2.24, 2.45) is 5.92 Å². The molecule has 1 fully saturated rings. The van der Waals surface area contributed by atoms with Crippen molar-refractivity contribution in [1.82, 2.24) is 9.80 Å². The minimum Gasteiger partial charge on any atom is -0.331 e. The average Bonchev–Trinajstić information content (AvgIpc) is 3.12. The van der Waals surface area contributed by atoms with E-state index in [1.807, 2.05) is 13.8 Å². The van der Waals surface area contributed by atoms with Gasteiger partial charge in [-0.3, -0.25) is 9.59 Å². The second-order valence-corrected chi connectivity index (χ2v) is 6.80. The first-order chi connectivity index (χ1) is 11.8. The van der Waals surface area contributed by atoms with Crippen LogP contribution in [0.5, 0.6) is 0 Å². The van der Waals surface area contributed by atoms with E-state index in [0.29, 0.717) is 18.5 Å². The highest BCUT2D eigenvalue weighted by molar-refractivity contribution is 6.03. The molecule has 1 saturated heterocycles. The van der Waals surface area contributed by atoms with Crippen LogP contribution in [0, 0.1) is 5.92 Å². The standard InChI is InChI=1S/C19H25FN2O3/c1-5-7-14-10-22(18(24)16(14)13(4)20)17(12(2)3)19(25)21-9-6-8-15(21)11-23/h5,7,11-12,15,17H,4,6,8-10H2,1-3H3/b7-5-. The SMILES string of the molecule is C=C(F)C1=C(/C=C\C)CN(C(C(=O)N2CCCC2C=O)C(C)C)C1=O. The molecule has 2 heterocycles. The van der Waals surface area contributed by atoms with Gasteiger partial charge in [0.25, 0.3) is 5.91 Å². The summed E-state index contributed by atoms with van der Waals surface area (Å²) in [5, 5.41) is 0. The molecule has 0 bridgehead atoms. The molecule has 2 amide bonds. The number of aldehydes is 1. The van der Waals surface area contributed by atoms with Crippen molar-refractivity contribution in [1.29, 1.82) is 0 Å². The summed E-state index contributed by atoms with van der Waals surface area (Å²) in [5.41, 5.74) is 0.455. The highest BCUT2D eigenvalue weighted by Crippen LogP contribution is 2.31. The number of amides is 2. The van der Waals surface area contributed by atoms with Crippen molar-refractivity contribution in [2.45, 2.75) is 45.7 Å². The normalized spacial score (nSPS) is 22.4. The molecule has 2 rings (SSSR count). The fourth-order valence-corrected chi connectivity index (χ4v) is 3.62. The van der Waals surface area contributed by atoms with E-state index in [0.717, 1.165) is 12.7 Å². The lowest BCUT2D eigenvalue weighted by Gasteiger charge is -2.34. The van der Waals surface area contributed by atoms with Gasteiger partial charge < -0.3 is 14.6 Å². The molecule has 2 atom stereocenters. The maximum Gasteiger partial charge on any atom is 0.258 e. The van der Waals surface area contributed by atoms with E-state index in [4.69, 9.17) is 0 Å². The number of likely N-dealkylation sites (tertiary alicyclic amines) is 1. The van der Waals surface area contributed by atoms with Crippen LogP contribution in [-0.4, -0.2) is 53.1 Å². The molecular weight excluding hydrogens is 323 g/mol. The van der Waals surface area contributed by atoms with Crippen LogP contribution in [0.2, 0.25) is 0 Å². The number of hydrogen-bond donors (Lipinski definition) is 0. The molecule has 25 heavy (non-hydrogen) atoms. The van der Waals surface area contributed by atoms with Gasteiger partial charge in [0.1, 0.15) is 18.2 Å². The smallest absolute Gasteiger partial charge is 0.258 e. The van der Waals surface area contributed by atoms with Crippen molar-refractivity contribution in [3.05, 3.63) is 35.7 Å². The Morgan fingerprint density at radius 2 is 2.08 bits per heavy atom. The Balaban J connectivity index is 2.33. The minimum atomic E-state index is -0.789. The van der Waals surface area contributed by atoms with Gasteiger partial charge in [-0.25, -0.2) is 4.39 Å². The molecule has 0 aromatic carbocycles. The molecule has 0 radical (unpaired) electrons. The third-order valence-corrected chi connectivity index (χ3v) is 4.74. The van der Waals surface area contributed by atoms with Crippen LogP contribution in [0.3, 0.4) is 0 Å². The first kappa shape index (κ1) is 19.1. The first-order valence-corrected chi connectivity index (χ1v) is 8.60. The molecule has 2 aliphatic heterocycles. The van der Waals surface area contributed by atoms with Crippen LogP contribution in [0.25, 0.3) is 0 Å². The summed E-state index contributed by atoms with van der Waals surface area (Å²) in [7, 11) is 0. The number of hydrogen-bond acceptors (Lipinski definition) is 3. The summed E-state index contributed by atoms with van der Waals surface area (Å²) < 4.78 is 13.8. The zero-order chi connectivity index (χ0) is 18.7. The molecule has 6 heteroatoms. The van der Waals surface area contributed by atoms with Crippen molar-refractivity contribution in [3.63, 3.8) is 0 Å². The summed E-state index contributed by atoms with van der Waals surface area (Å²) >= 11 is 0. The van der Waals surface area contributed by atoms with Gasteiger partial charge in [-0.2, -0.15) is 0 Å². The highest BCUT2D eigenvalue weighted by atomic mass is 19.1. The fourth-order valence-electron chi connectivity index (χ4n) is 3.62. The van der Waals surface area contributed by atoms with Crippen molar-refractivity contribution in [2.75, 3.05) is 13.1 Å². The Bertz CT molecular complexity index is 651. The third kappa shape index (κ3) is 3.57. The Kier molecular flexibility index (Phi) is 5.93. The Morgan fingerprint density at radius 3 is 2.60 bits per heavy atom. The second kappa shape index (κ2) is 7.76. The number of carbonyl (C=O) groups is 3. The van der Waals surface area contributed by atoms with Crippen LogP contribution in [-0.2, 0) is 14.4 Å². The third-order valence-electron chi connectivity index (χ3n) is 4.74. The molecule has 2 unspecified atom stereocenters. The van der Waals surface area contributed by atoms with Gasteiger partial charge >= 0.3 is 0 Å². The largest absolute Gasteiger partial charge is 0.331 e. The fraction of sp³-hybridized carbons (Fsp3) is 0.526. The predicted molar refractivity (Wildman–Crippen MR) is 93.2 cm³/mol. The van der Waals surface area contributed by atoms with Gasteiger partial charge in [-0.1, -0.05) is 32.6 Å². The van der Waals surface area contributed by atoms with E-state index < -0.39 is 23.8 Å². The van der Waals surface area contributed by atoms with Crippen LogP contribution in [0.1, 0.15) is 33.6 Å². The molecule has 0 aliphatic carbocycles. The lowest BCUT2D eigenvalue weighted by molar-refractivity contribution is -0.146. The van der Waals surface area contributed by atoms with Gasteiger partial charge in [0.15, 0.2) is 0 Å². The van der Waals surface area contributed by atoms with E-state index in [1.165, 1.54) is 4.90 Å². The lowest BCUT2D eigenvalue weighted by atomic mass is 10.0. The van der Waals surface area contributed by atoms with Crippen LogP contribution < -0.4 is 0 Å². The summed E-state index contributed by atoms with van der Waals surface area (Å²) in [6.45, 7) is 9.40. The van der Waals surface area contributed by atoms with E-state index in [-0.39, 0.29) is 23.9 Å². The molecule has 0 saturated carbocycles. The first-order valence-electron chi connectivity index (χ1n) is 8.60. The minimum absolute atomic E-state index is 0.0649. The summed E-state index contributed by atoms with van der Waals surface area (Å²) in [5.74, 6) is -1.72. The Hall–Kier alpha value is -2.24. The van der Waals surface area contributed by atoms with Gasteiger partial charge in [-0.15, -0.1) is 0 Å². The number of nitrogens with zero attached hydrogens (tertiary/aromatic N) is 2. The summed E-state index contributed by atoms with van der Waals surface area (Å²) in [6, 6.07) is -1.17. The van der Waals surface area contributed by atoms with E-state index in [1.54, 1.807) is 24.0 Å². The second-order valence-electron chi connectivity index (χ2n) is 6.80. The van der Waals surface area contributed by atoms with E-state index in [2.05, 4.69) is 6.58 Å². The zero-order valence-electron chi connectivity index (χ0n) is 15.0. The predicted octanol–water partition coefficient (Wildman–Crippen LogP) is 2.40. The Morgan fingerprint density at radius 1 is 1.40 bits per heavy atom. The molecular formula is C19H25FN2O3. The molecule has 0 N–H and O–H groups in total. The monoisotopic (exact) mass is 348 g/mol. The number of rotatable bonds is 6. The van der Waals surface area contributed by atoms with Crippen LogP contribution in [0.15, 0.2) is 35.7 Å². The molecule has 5 nitrogen and oxygen atoms in total. The summed E-state index contributed by atoms with van der Waals surface area (Å²) in [6.07, 6.45) is 5.59. The van der Waals surface area contributed by atoms with Gasteiger partial charge in [0.05, 0.1) is 11.6 Å².